The first-order chi connectivity index (χ1) is 11.0. The topological polar surface area (TPSA) is 55.4 Å². The van der Waals surface area contributed by atoms with Gasteiger partial charge in [-0.05, 0) is 37.8 Å². The standard InChI is InChI=1S/C18H31NO3S/c1-4-6-8-17(5-2)15-22-14-7-13-19-23(20,21)18-11-9-16(3)10-12-18/h9-12,17,19H,4-8,13-15H2,1-3H3. The molecule has 0 aliphatic heterocycles. The summed E-state index contributed by atoms with van der Waals surface area (Å²) >= 11 is 0. The van der Waals surface area contributed by atoms with Gasteiger partial charge in [0.15, 0.2) is 0 Å². The quantitative estimate of drug-likeness (QED) is 0.587. The molecule has 0 saturated carbocycles. The van der Waals surface area contributed by atoms with E-state index in [0.29, 0.717) is 30.4 Å². The molecule has 0 radical (unpaired) electrons. The molecular weight excluding hydrogens is 310 g/mol. The number of unbranched alkanes of at least 4 members (excludes halogenated alkanes) is 1. The lowest BCUT2D eigenvalue weighted by Gasteiger charge is -2.14. The van der Waals surface area contributed by atoms with Crippen LogP contribution in [0.5, 0.6) is 0 Å². The van der Waals surface area contributed by atoms with Gasteiger partial charge in [-0.1, -0.05) is 50.8 Å². The largest absolute Gasteiger partial charge is 0.381 e. The van der Waals surface area contributed by atoms with Crippen molar-refractivity contribution in [3.8, 4) is 0 Å². The summed E-state index contributed by atoms with van der Waals surface area (Å²) in [6, 6.07) is 6.87. The van der Waals surface area contributed by atoms with Crippen LogP contribution in [0.3, 0.4) is 0 Å². The van der Waals surface area contributed by atoms with Crippen molar-refractivity contribution in [2.24, 2.45) is 5.92 Å². The number of ether oxygens (including phenoxy) is 1. The van der Waals surface area contributed by atoms with E-state index < -0.39 is 10.0 Å². The van der Waals surface area contributed by atoms with Crippen LogP contribution >= 0.6 is 0 Å². The van der Waals surface area contributed by atoms with Gasteiger partial charge in [-0.15, -0.1) is 0 Å². The summed E-state index contributed by atoms with van der Waals surface area (Å²) in [5.74, 6) is 0.624. The molecule has 0 spiro atoms. The van der Waals surface area contributed by atoms with Crippen molar-refractivity contribution in [2.75, 3.05) is 19.8 Å². The van der Waals surface area contributed by atoms with E-state index in [0.717, 1.165) is 18.6 Å². The molecule has 23 heavy (non-hydrogen) atoms. The second kappa shape index (κ2) is 10.8. The zero-order valence-electron chi connectivity index (χ0n) is 14.7. The number of hydrogen-bond acceptors (Lipinski definition) is 3. The fourth-order valence-electron chi connectivity index (χ4n) is 2.33. The Morgan fingerprint density at radius 3 is 2.43 bits per heavy atom. The Balaban J connectivity index is 2.22. The van der Waals surface area contributed by atoms with Crippen molar-refractivity contribution in [2.45, 2.75) is 57.8 Å². The van der Waals surface area contributed by atoms with Crippen LogP contribution in [0, 0.1) is 12.8 Å². The van der Waals surface area contributed by atoms with Gasteiger partial charge in [-0.3, -0.25) is 0 Å². The zero-order valence-corrected chi connectivity index (χ0v) is 15.5. The fourth-order valence-corrected chi connectivity index (χ4v) is 3.40. The smallest absolute Gasteiger partial charge is 0.240 e. The molecule has 1 rings (SSSR count). The highest BCUT2D eigenvalue weighted by Crippen LogP contribution is 2.13. The van der Waals surface area contributed by atoms with Crippen LogP contribution in [0.1, 0.15) is 51.5 Å². The molecule has 0 aliphatic rings. The van der Waals surface area contributed by atoms with Crippen molar-refractivity contribution in [1.29, 1.82) is 0 Å². The summed E-state index contributed by atoms with van der Waals surface area (Å²) < 4.78 is 32.5. The Kier molecular flexibility index (Phi) is 9.44. The van der Waals surface area contributed by atoms with Crippen molar-refractivity contribution >= 4 is 10.0 Å². The van der Waals surface area contributed by atoms with Crippen molar-refractivity contribution in [3.63, 3.8) is 0 Å². The molecule has 1 N–H and O–H groups in total. The highest BCUT2D eigenvalue weighted by Gasteiger charge is 2.12. The molecule has 0 fully saturated rings. The van der Waals surface area contributed by atoms with Gasteiger partial charge in [-0.2, -0.15) is 0 Å². The summed E-state index contributed by atoms with van der Waals surface area (Å²) in [5.41, 5.74) is 1.05. The summed E-state index contributed by atoms with van der Waals surface area (Å²) in [7, 11) is -3.40. The molecule has 1 atom stereocenters. The summed E-state index contributed by atoms with van der Waals surface area (Å²) in [4.78, 5) is 0.314. The third-order valence-electron chi connectivity index (χ3n) is 3.99. The molecular formula is C18H31NO3S. The van der Waals surface area contributed by atoms with Crippen LogP contribution in [0.25, 0.3) is 0 Å². The molecule has 5 heteroatoms. The van der Waals surface area contributed by atoms with Crippen LogP contribution in [-0.2, 0) is 14.8 Å². The molecule has 4 nitrogen and oxygen atoms in total. The van der Waals surface area contributed by atoms with E-state index >= 15 is 0 Å². The van der Waals surface area contributed by atoms with E-state index in [1.807, 2.05) is 6.92 Å². The van der Waals surface area contributed by atoms with Crippen molar-refractivity contribution < 1.29 is 13.2 Å². The fraction of sp³-hybridized carbons (Fsp3) is 0.667. The van der Waals surface area contributed by atoms with E-state index in [1.165, 1.54) is 19.3 Å². The van der Waals surface area contributed by atoms with Gasteiger partial charge in [0.25, 0.3) is 0 Å². The van der Waals surface area contributed by atoms with Crippen LogP contribution < -0.4 is 4.72 Å². The van der Waals surface area contributed by atoms with E-state index in [9.17, 15) is 8.42 Å². The Morgan fingerprint density at radius 2 is 1.83 bits per heavy atom. The molecule has 1 aromatic carbocycles. The number of benzene rings is 1. The average Bonchev–Trinajstić information content (AvgIpc) is 2.54. The molecule has 1 aromatic rings. The van der Waals surface area contributed by atoms with Crippen molar-refractivity contribution in [3.05, 3.63) is 29.8 Å². The van der Waals surface area contributed by atoms with E-state index in [1.54, 1.807) is 24.3 Å². The van der Waals surface area contributed by atoms with E-state index in [-0.39, 0.29) is 0 Å². The molecule has 132 valence electrons. The summed E-state index contributed by atoms with van der Waals surface area (Å²) in [6.07, 6.45) is 5.51. The Labute approximate surface area is 141 Å². The Morgan fingerprint density at radius 1 is 1.13 bits per heavy atom. The normalized spacial score (nSPS) is 13.2. The molecule has 1 unspecified atom stereocenters. The molecule has 0 aliphatic carbocycles. The molecule has 0 bridgehead atoms. The zero-order chi connectivity index (χ0) is 17.1. The monoisotopic (exact) mass is 341 g/mol. The van der Waals surface area contributed by atoms with Crippen LogP contribution in [0.15, 0.2) is 29.2 Å². The minimum absolute atomic E-state index is 0.314. The lowest BCUT2D eigenvalue weighted by molar-refractivity contribution is 0.0928. The van der Waals surface area contributed by atoms with Crippen LogP contribution in [-0.4, -0.2) is 28.2 Å². The van der Waals surface area contributed by atoms with Gasteiger partial charge in [-0.25, -0.2) is 13.1 Å². The Bertz CT molecular complexity index is 526. The van der Waals surface area contributed by atoms with Gasteiger partial charge in [0.2, 0.25) is 10.0 Å². The minimum atomic E-state index is -3.40. The average molecular weight is 342 g/mol. The third-order valence-corrected chi connectivity index (χ3v) is 5.46. The molecule has 0 amide bonds. The minimum Gasteiger partial charge on any atom is -0.381 e. The summed E-state index contributed by atoms with van der Waals surface area (Å²) in [5, 5.41) is 0. The second-order valence-electron chi connectivity index (χ2n) is 6.06. The molecule has 0 aromatic heterocycles. The maximum atomic E-state index is 12.1. The van der Waals surface area contributed by atoms with E-state index in [4.69, 9.17) is 4.74 Å². The van der Waals surface area contributed by atoms with Crippen LogP contribution in [0.4, 0.5) is 0 Å². The maximum Gasteiger partial charge on any atom is 0.240 e. The second-order valence-corrected chi connectivity index (χ2v) is 7.82. The number of rotatable bonds is 12. The first-order valence-corrected chi connectivity index (χ1v) is 10.1. The first-order valence-electron chi connectivity index (χ1n) is 8.63. The predicted molar refractivity (Wildman–Crippen MR) is 95.1 cm³/mol. The maximum absolute atomic E-state index is 12.1. The lowest BCUT2D eigenvalue weighted by Crippen LogP contribution is -2.25. The van der Waals surface area contributed by atoms with Gasteiger partial charge >= 0.3 is 0 Å². The van der Waals surface area contributed by atoms with Gasteiger partial charge < -0.3 is 4.74 Å². The highest BCUT2D eigenvalue weighted by molar-refractivity contribution is 7.89. The highest BCUT2D eigenvalue weighted by atomic mass is 32.2. The van der Waals surface area contributed by atoms with Gasteiger partial charge in [0, 0.05) is 19.8 Å². The van der Waals surface area contributed by atoms with Crippen LogP contribution in [0.2, 0.25) is 0 Å². The lowest BCUT2D eigenvalue weighted by atomic mass is 10.0. The van der Waals surface area contributed by atoms with Gasteiger partial charge in [0.1, 0.15) is 0 Å². The molecule has 0 heterocycles. The SMILES string of the molecule is CCCCC(CC)COCCCNS(=O)(=O)c1ccc(C)cc1. The number of aryl methyl sites for hydroxylation is 1. The first kappa shape index (κ1) is 20.1. The Hall–Kier alpha value is -0.910. The summed E-state index contributed by atoms with van der Waals surface area (Å²) in [6.45, 7) is 8.11. The predicted octanol–water partition coefficient (Wildman–Crippen LogP) is 3.90. The van der Waals surface area contributed by atoms with E-state index in [2.05, 4.69) is 18.6 Å². The van der Waals surface area contributed by atoms with Crippen molar-refractivity contribution in [1.82, 2.24) is 4.72 Å². The van der Waals surface area contributed by atoms with Gasteiger partial charge in [0.05, 0.1) is 4.90 Å². The third kappa shape index (κ3) is 7.95. The number of nitrogens with one attached hydrogen (secondary N) is 1. The number of sulfonamides is 1. The molecule has 0 saturated heterocycles. The number of hydrogen-bond donors (Lipinski definition) is 1.